The molecule has 2 rings (SSSR count). The fourth-order valence-corrected chi connectivity index (χ4v) is 3.04. The highest BCUT2D eigenvalue weighted by atomic mass is 16.2. The highest BCUT2D eigenvalue weighted by Crippen LogP contribution is 2.42. The maximum absolute atomic E-state index is 12.2. The van der Waals surface area contributed by atoms with Crippen molar-refractivity contribution in [2.75, 3.05) is 6.54 Å². The predicted octanol–water partition coefficient (Wildman–Crippen LogP) is 1.84. The zero-order chi connectivity index (χ0) is 11.9. The lowest BCUT2D eigenvalue weighted by molar-refractivity contribution is -0.139. The number of carbonyl (C=O) groups excluding carboxylic acids is 2. The summed E-state index contributed by atoms with van der Waals surface area (Å²) in [5, 5.41) is 0. The van der Waals surface area contributed by atoms with E-state index in [1.165, 1.54) is 4.90 Å². The van der Waals surface area contributed by atoms with E-state index in [0.717, 1.165) is 6.42 Å². The van der Waals surface area contributed by atoms with Crippen molar-refractivity contribution in [3.63, 3.8) is 0 Å². The molecule has 0 saturated carbocycles. The van der Waals surface area contributed by atoms with E-state index in [0.29, 0.717) is 6.54 Å². The average molecular weight is 221 g/mol. The number of hydrogen-bond donors (Lipinski definition) is 0. The summed E-state index contributed by atoms with van der Waals surface area (Å²) in [6.07, 6.45) is 5.15. The van der Waals surface area contributed by atoms with E-state index in [-0.39, 0.29) is 35.5 Å². The SMILES string of the molecule is CCC1C=CC(C)C2C(=O)N(CC)C(=O)C12. The first-order valence-electron chi connectivity index (χ1n) is 6.15. The van der Waals surface area contributed by atoms with Gasteiger partial charge >= 0.3 is 0 Å². The number of likely N-dealkylation sites (tertiary alicyclic amines) is 1. The second kappa shape index (κ2) is 4.04. The van der Waals surface area contributed by atoms with E-state index < -0.39 is 0 Å². The summed E-state index contributed by atoms with van der Waals surface area (Å²) in [6.45, 7) is 6.48. The van der Waals surface area contributed by atoms with E-state index >= 15 is 0 Å². The van der Waals surface area contributed by atoms with Crippen molar-refractivity contribution < 1.29 is 9.59 Å². The number of nitrogens with zero attached hydrogens (tertiary/aromatic N) is 1. The van der Waals surface area contributed by atoms with Gasteiger partial charge in [-0.1, -0.05) is 26.0 Å². The van der Waals surface area contributed by atoms with Crippen molar-refractivity contribution in [1.29, 1.82) is 0 Å². The molecule has 0 bridgehead atoms. The van der Waals surface area contributed by atoms with Crippen molar-refractivity contribution >= 4 is 11.8 Å². The third-order valence-electron chi connectivity index (χ3n) is 3.97. The van der Waals surface area contributed by atoms with Gasteiger partial charge < -0.3 is 0 Å². The lowest BCUT2D eigenvalue weighted by Gasteiger charge is -2.29. The van der Waals surface area contributed by atoms with Gasteiger partial charge in [0, 0.05) is 6.54 Å². The third kappa shape index (κ3) is 1.41. The number of hydrogen-bond acceptors (Lipinski definition) is 2. The number of rotatable bonds is 2. The molecule has 2 aliphatic rings. The van der Waals surface area contributed by atoms with Crippen LogP contribution in [0, 0.1) is 23.7 Å². The van der Waals surface area contributed by atoms with E-state index in [9.17, 15) is 9.59 Å². The molecular formula is C13H19NO2. The summed E-state index contributed by atoms with van der Waals surface area (Å²) in [5.41, 5.74) is 0. The van der Waals surface area contributed by atoms with Gasteiger partial charge in [0.05, 0.1) is 11.8 Å². The smallest absolute Gasteiger partial charge is 0.233 e. The van der Waals surface area contributed by atoms with Crippen LogP contribution < -0.4 is 0 Å². The van der Waals surface area contributed by atoms with Crippen LogP contribution in [0.25, 0.3) is 0 Å². The van der Waals surface area contributed by atoms with Gasteiger partial charge in [0.15, 0.2) is 0 Å². The Bertz CT molecular complexity index is 348. The monoisotopic (exact) mass is 221 g/mol. The van der Waals surface area contributed by atoms with Gasteiger partial charge in [-0.25, -0.2) is 0 Å². The third-order valence-corrected chi connectivity index (χ3v) is 3.97. The van der Waals surface area contributed by atoms with Crippen LogP contribution in [0.5, 0.6) is 0 Å². The molecule has 1 aliphatic carbocycles. The fraction of sp³-hybridized carbons (Fsp3) is 0.692. The van der Waals surface area contributed by atoms with Crippen LogP contribution in [-0.2, 0) is 9.59 Å². The van der Waals surface area contributed by atoms with E-state index in [1.54, 1.807) is 0 Å². The topological polar surface area (TPSA) is 37.4 Å². The average Bonchev–Trinajstić information content (AvgIpc) is 2.53. The predicted molar refractivity (Wildman–Crippen MR) is 61.5 cm³/mol. The summed E-state index contributed by atoms with van der Waals surface area (Å²) < 4.78 is 0. The maximum atomic E-state index is 12.2. The van der Waals surface area contributed by atoms with Crippen molar-refractivity contribution in [2.45, 2.75) is 27.2 Å². The minimum absolute atomic E-state index is 0.0350. The first-order valence-corrected chi connectivity index (χ1v) is 6.15. The van der Waals surface area contributed by atoms with Crippen LogP contribution in [0.1, 0.15) is 27.2 Å². The zero-order valence-electron chi connectivity index (χ0n) is 10.1. The van der Waals surface area contributed by atoms with Crippen LogP contribution in [0.3, 0.4) is 0 Å². The molecular weight excluding hydrogens is 202 g/mol. The number of amides is 2. The minimum Gasteiger partial charge on any atom is -0.282 e. The molecule has 1 saturated heterocycles. The number of fused-ring (bicyclic) bond motifs is 1. The molecule has 3 heteroatoms. The molecule has 2 amide bonds. The first-order chi connectivity index (χ1) is 7.61. The van der Waals surface area contributed by atoms with Gasteiger partial charge in [0.2, 0.25) is 11.8 Å². The standard InChI is InChI=1S/C13H19NO2/c1-4-9-7-6-8(3)10-11(9)13(16)14(5-2)12(10)15/h6-11H,4-5H2,1-3H3. The number of carbonyl (C=O) groups is 2. The molecule has 4 unspecified atom stereocenters. The Morgan fingerprint density at radius 3 is 2.31 bits per heavy atom. The van der Waals surface area contributed by atoms with E-state index in [4.69, 9.17) is 0 Å². The Hall–Kier alpha value is -1.12. The molecule has 0 aromatic carbocycles. The molecule has 0 spiro atoms. The lowest BCUT2D eigenvalue weighted by Crippen LogP contribution is -2.32. The highest BCUT2D eigenvalue weighted by molar-refractivity contribution is 6.05. The number of imide groups is 1. The zero-order valence-corrected chi connectivity index (χ0v) is 10.1. The van der Waals surface area contributed by atoms with Gasteiger partial charge in [-0.05, 0) is 25.2 Å². The van der Waals surface area contributed by atoms with Crippen molar-refractivity contribution in [3.8, 4) is 0 Å². The quantitative estimate of drug-likeness (QED) is 0.527. The van der Waals surface area contributed by atoms with Gasteiger partial charge in [0.1, 0.15) is 0 Å². The Labute approximate surface area is 96.5 Å². The van der Waals surface area contributed by atoms with Crippen LogP contribution in [0.4, 0.5) is 0 Å². The molecule has 0 aromatic heterocycles. The van der Waals surface area contributed by atoms with Crippen LogP contribution in [-0.4, -0.2) is 23.3 Å². The van der Waals surface area contributed by atoms with Gasteiger partial charge in [-0.2, -0.15) is 0 Å². The van der Waals surface area contributed by atoms with Gasteiger partial charge in [0.25, 0.3) is 0 Å². The molecule has 1 heterocycles. The molecule has 3 nitrogen and oxygen atoms in total. The largest absolute Gasteiger partial charge is 0.282 e. The van der Waals surface area contributed by atoms with Crippen LogP contribution in [0.15, 0.2) is 12.2 Å². The minimum atomic E-state index is -0.109. The Balaban J connectivity index is 2.37. The summed E-state index contributed by atoms with van der Waals surface area (Å²) in [7, 11) is 0. The molecule has 0 N–H and O–H groups in total. The van der Waals surface area contributed by atoms with Crippen LogP contribution >= 0.6 is 0 Å². The van der Waals surface area contributed by atoms with Crippen molar-refractivity contribution in [1.82, 2.24) is 4.90 Å². The highest BCUT2D eigenvalue weighted by Gasteiger charge is 2.52. The first kappa shape index (κ1) is 11.4. The number of allylic oxidation sites excluding steroid dienone is 2. The Kier molecular flexibility index (Phi) is 2.87. The molecule has 0 radical (unpaired) electrons. The summed E-state index contributed by atoms with van der Waals surface area (Å²) >= 11 is 0. The summed E-state index contributed by atoms with van der Waals surface area (Å²) in [5.74, 6) is 0.309. The van der Waals surface area contributed by atoms with Crippen molar-refractivity contribution in [2.24, 2.45) is 23.7 Å². The lowest BCUT2D eigenvalue weighted by atomic mass is 9.71. The Morgan fingerprint density at radius 2 is 1.75 bits per heavy atom. The van der Waals surface area contributed by atoms with E-state index in [1.807, 2.05) is 13.8 Å². The fourth-order valence-electron chi connectivity index (χ4n) is 3.04. The second-order valence-electron chi connectivity index (χ2n) is 4.79. The molecule has 0 aromatic rings. The molecule has 1 fully saturated rings. The summed E-state index contributed by atoms with van der Waals surface area (Å²) in [4.78, 5) is 25.7. The van der Waals surface area contributed by atoms with E-state index in [2.05, 4.69) is 19.1 Å². The van der Waals surface area contributed by atoms with Gasteiger partial charge in [-0.15, -0.1) is 0 Å². The normalized spacial score (nSPS) is 38.1. The van der Waals surface area contributed by atoms with Crippen LogP contribution in [0.2, 0.25) is 0 Å². The van der Waals surface area contributed by atoms with Crippen molar-refractivity contribution in [3.05, 3.63) is 12.2 Å². The molecule has 1 aliphatic heterocycles. The second-order valence-corrected chi connectivity index (χ2v) is 4.79. The molecule has 4 atom stereocenters. The molecule has 16 heavy (non-hydrogen) atoms. The Morgan fingerprint density at radius 1 is 1.12 bits per heavy atom. The molecule has 88 valence electrons. The van der Waals surface area contributed by atoms with Gasteiger partial charge in [-0.3, -0.25) is 14.5 Å². The summed E-state index contributed by atoms with van der Waals surface area (Å²) in [6, 6.07) is 0. The maximum Gasteiger partial charge on any atom is 0.233 e.